The van der Waals surface area contributed by atoms with E-state index < -0.39 is 0 Å². The molecule has 2 heterocycles. The van der Waals surface area contributed by atoms with Crippen LogP contribution in [-0.4, -0.2) is 51.1 Å². The number of carbonyl (C=O) groups is 3. The number of thioether (sulfide) groups is 1. The first-order valence-corrected chi connectivity index (χ1v) is 11.2. The molecule has 29 heavy (non-hydrogen) atoms. The second kappa shape index (κ2) is 8.41. The first kappa shape index (κ1) is 19.7. The summed E-state index contributed by atoms with van der Waals surface area (Å²) < 4.78 is 0. The lowest BCUT2D eigenvalue weighted by atomic mass is 9.85. The molecule has 2 aliphatic rings. The Hall–Kier alpha value is -2.61. The zero-order chi connectivity index (χ0) is 20.4. The minimum Gasteiger partial charge on any atom is -0.345 e. The van der Waals surface area contributed by atoms with Crippen molar-refractivity contribution in [2.24, 2.45) is 11.8 Å². The van der Waals surface area contributed by atoms with Gasteiger partial charge >= 0.3 is 0 Å². The largest absolute Gasteiger partial charge is 0.345 e. The molecule has 3 unspecified atom stereocenters. The van der Waals surface area contributed by atoms with Gasteiger partial charge in [0.25, 0.3) is 0 Å². The fraction of sp³-hybridized carbons (Fsp3) is 0.429. The summed E-state index contributed by atoms with van der Waals surface area (Å²) in [4.78, 5) is 46.9. The Kier molecular flexibility index (Phi) is 5.71. The van der Waals surface area contributed by atoms with Gasteiger partial charge in [-0.1, -0.05) is 24.3 Å². The zero-order valence-corrected chi connectivity index (χ0v) is 17.1. The molecule has 1 aliphatic heterocycles. The predicted molar refractivity (Wildman–Crippen MR) is 112 cm³/mol. The molecule has 4 rings (SSSR count). The Bertz CT molecular complexity index is 911. The summed E-state index contributed by atoms with van der Waals surface area (Å²) in [5.74, 6) is 0.0912. The molecule has 3 atom stereocenters. The zero-order valence-electron chi connectivity index (χ0n) is 16.3. The number of benzene rings is 1. The number of aromatic amines is 1. The lowest BCUT2D eigenvalue weighted by Crippen LogP contribution is -2.42. The van der Waals surface area contributed by atoms with E-state index in [0.717, 1.165) is 21.7 Å². The third-order valence-electron chi connectivity index (χ3n) is 5.58. The number of amides is 3. The Morgan fingerprint density at radius 2 is 1.93 bits per heavy atom. The highest BCUT2D eigenvalue weighted by Gasteiger charge is 2.47. The summed E-state index contributed by atoms with van der Waals surface area (Å²) in [6.45, 7) is -0.235. The van der Waals surface area contributed by atoms with E-state index >= 15 is 0 Å². The van der Waals surface area contributed by atoms with Crippen molar-refractivity contribution in [2.45, 2.75) is 25.3 Å². The summed E-state index contributed by atoms with van der Waals surface area (Å²) in [6.07, 6.45) is 7.73. The van der Waals surface area contributed by atoms with Crippen LogP contribution in [0, 0.1) is 11.8 Å². The lowest BCUT2D eigenvalue weighted by molar-refractivity contribution is -0.143. The van der Waals surface area contributed by atoms with Gasteiger partial charge in [0, 0.05) is 0 Å². The molecule has 0 radical (unpaired) electrons. The minimum atomic E-state index is -0.343. The molecule has 0 bridgehead atoms. The van der Waals surface area contributed by atoms with Gasteiger partial charge in [0.1, 0.15) is 12.4 Å². The molecule has 1 aromatic heterocycles. The van der Waals surface area contributed by atoms with Crippen molar-refractivity contribution in [1.82, 2.24) is 20.2 Å². The number of para-hydroxylation sites is 2. The highest BCUT2D eigenvalue weighted by molar-refractivity contribution is 7.98. The Morgan fingerprint density at radius 3 is 2.59 bits per heavy atom. The molecule has 0 spiro atoms. The van der Waals surface area contributed by atoms with E-state index in [4.69, 9.17) is 0 Å². The maximum Gasteiger partial charge on any atom is 0.240 e. The quantitative estimate of drug-likeness (QED) is 0.538. The van der Waals surface area contributed by atoms with Crippen LogP contribution in [0.25, 0.3) is 11.0 Å². The standard InChI is InChI=1S/C21H24N4O3S/c1-29-11-10-17(19-23-15-8-4-5-9-16(15)24-19)22-18(26)12-25-20(27)13-6-2-3-7-14(13)21(25)28/h2-5,8-9,13-14,17H,6-7,10-12H2,1H3,(H,22,26)(H,23,24). The molecule has 3 amide bonds. The van der Waals surface area contributed by atoms with Gasteiger partial charge in [-0.05, 0) is 43.4 Å². The number of allylic oxidation sites excluding steroid dienone is 2. The van der Waals surface area contributed by atoms with Crippen molar-refractivity contribution in [1.29, 1.82) is 0 Å². The number of hydrogen-bond donors (Lipinski definition) is 2. The number of H-pyrrole nitrogens is 1. The monoisotopic (exact) mass is 412 g/mol. The summed E-state index contributed by atoms with van der Waals surface area (Å²) in [5.41, 5.74) is 1.75. The fourth-order valence-corrected chi connectivity index (χ4v) is 4.53. The SMILES string of the molecule is CSCCC(NC(=O)CN1C(=O)C2CC=CCC2C1=O)c1nc2ccccc2[nH]1. The van der Waals surface area contributed by atoms with E-state index in [9.17, 15) is 14.4 Å². The molecule has 1 fully saturated rings. The number of imide groups is 1. The second-order valence-corrected chi connectivity index (χ2v) is 8.44. The van der Waals surface area contributed by atoms with E-state index in [2.05, 4.69) is 15.3 Å². The van der Waals surface area contributed by atoms with Gasteiger partial charge in [-0.3, -0.25) is 19.3 Å². The molecule has 7 nitrogen and oxygen atoms in total. The van der Waals surface area contributed by atoms with E-state index in [1.54, 1.807) is 11.8 Å². The van der Waals surface area contributed by atoms with Gasteiger partial charge in [0.05, 0.1) is 28.9 Å². The van der Waals surface area contributed by atoms with Crippen LogP contribution in [-0.2, 0) is 14.4 Å². The number of nitrogens with one attached hydrogen (secondary N) is 2. The Labute approximate surface area is 173 Å². The molecule has 1 aliphatic carbocycles. The predicted octanol–water partition coefficient (Wildman–Crippen LogP) is 2.42. The average Bonchev–Trinajstić information content (AvgIpc) is 3.27. The molecule has 8 heteroatoms. The fourth-order valence-electron chi connectivity index (χ4n) is 4.06. The number of rotatable bonds is 7. The van der Waals surface area contributed by atoms with Crippen LogP contribution < -0.4 is 5.32 Å². The smallest absolute Gasteiger partial charge is 0.240 e. The summed E-state index contributed by atoms with van der Waals surface area (Å²) in [5, 5.41) is 2.97. The number of likely N-dealkylation sites (tertiary alicyclic amines) is 1. The number of aromatic nitrogens is 2. The van der Waals surface area contributed by atoms with Gasteiger partial charge in [-0.2, -0.15) is 11.8 Å². The van der Waals surface area contributed by atoms with Crippen LogP contribution in [0.1, 0.15) is 31.1 Å². The van der Waals surface area contributed by atoms with Gasteiger partial charge < -0.3 is 10.3 Å². The highest BCUT2D eigenvalue weighted by Crippen LogP contribution is 2.34. The van der Waals surface area contributed by atoms with Crippen LogP contribution in [0.15, 0.2) is 36.4 Å². The first-order valence-electron chi connectivity index (χ1n) is 9.81. The molecule has 152 valence electrons. The molecular formula is C21H24N4O3S. The van der Waals surface area contributed by atoms with E-state index in [0.29, 0.717) is 25.1 Å². The maximum atomic E-state index is 12.7. The normalized spacial score (nSPS) is 22.2. The number of carbonyl (C=O) groups excluding carboxylic acids is 3. The molecule has 0 saturated carbocycles. The summed E-state index contributed by atoms with van der Waals surface area (Å²) >= 11 is 1.69. The number of imidazole rings is 1. The van der Waals surface area contributed by atoms with Gasteiger partial charge in [0.2, 0.25) is 17.7 Å². The van der Waals surface area contributed by atoms with Gasteiger partial charge in [-0.15, -0.1) is 0 Å². The topological polar surface area (TPSA) is 95.2 Å². The van der Waals surface area contributed by atoms with Crippen molar-refractivity contribution in [3.05, 3.63) is 42.2 Å². The van der Waals surface area contributed by atoms with Crippen molar-refractivity contribution in [2.75, 3.05) is 18.6 Å². The Balaban J connectivity index is 1.47. The highest BCUT2D eigenvalue weighted by atomic mass is 32.2. The minimum absolute atomic E-state index is 0.232. The third-order valence-corrected chi connectivity index (χ3v) is 6.23. The maximum absolute atomic E-state index is 12.7. The first-order chi connectivity index (χ1) is 14.1. The molecule has 1 saturated heterocycles. The molecular weight excluding hydrogens is 388 g/mol. The van der Waals surface area contributed by atoms with E-state index in [-0.39, 0.29) is 42.1 Å². The summed E-state index contributed by atoms with van der Waals surface area (Å²) in [6, 6.07) is 7.40. The average molecular weight is 413 g/mol. The number of nitrogens with zero attached hydrogens (tertiary/aromatic N) is 2. The van der Waals surface area contributed by atoms with Crippen LogP contribution in [0.3, 0.4) is 0 Å². The molecule has 2 N–H and O–H groups in total. The van der Waals surface area contributed by atoms with Crippen molar-refractivity contribution in [3.63, 3.8) is 0 Å². The number of hydrogen-bond acceptors (Lipinski definition) is 5. The van der Waals surface area contributed by atoms with Gasteiger partial charge in [-0.25, -0.2) is 4.98 Å². The summed E-state index contributed by atoms with van der Waals surface area (Å²) in [7, 11) is 0. The van der Waals surface area contributed by atoms with Crippen LogP contribution in [0.5, 0.6) is 0 Å². The Morgan fingerprint density at radius 1 is 1.24 bits per heavy atom. The lowest BCUT2D eigenvalue weighted by Gasteiger charge is -2.19. The second-order valence-electron chi connectivity index (χ2n) is 7.46. The molecule has 1 aromatic carbocycles. The van der Waals surface area contributed by atoms with Crippen LogP contribution in [0.4, 0.5) is 0 Å². The van der Waals surface area contributed by atoms with Crippen molar-refractivity contribution < 1.29 is 14.4 Å². The molecule has 2 aromatic rings. The van der Waals surface area contributed by atoms with Crippen molar-refractivity contribution in [3.8, 4) is 0 Å². The van der Waals surface area contributed by atoms with Crippen LogP contribution >= 0.6 is 11.8 Å². The third kappa shape index (κ3) is 3.94. The number of fused-ring (bicyclic) bond motifs is 2. The van der Waals surface area contributed by atoms with E-state index in [1.807, 2.05) is 42.7 Å². The van der Waals surface area contributed by atoms with E-state index in [1.165, 1.54) is 0 Å². The van der Waals surface area contributed by atoms with Gasteiger partial charge in [0.15, 0.2) is 0 Å². The van der Waals surface area contributed by atoms with Crippen LogP contribution in [0.2, 0.25) is 0 Å². The van der Waals surface area contributed by atoms with Crippen molar-refractivity contribution >= 4 is 40.5 Å².